The summed E-state index contributed by atoms with van der Waals surface area (Å²) >= 11 is 0. The van der Waals surface area contributed by atoms with Crippen molar-refractivity contribution in [3.8, 4) is 0 Å². The summed E-state index contributed by atoms with van der Waals surface area (Å²) in [6.07, 6.45) is 6.79. The zero-order valence-corrected chi connectivity index (χ0v) is 13.1. The number of hydrogen-bond donors (Lipinski definition) is 0. The number of ketones is 1. The second kappa shape index (κ2) is 7.03. The molecule has 1 aliphatic rings. The van der Waals surface area contributed by atoms with E-state index in [9.17, 15) is 4.79 Å². The number of benzene rings is 1. The molecule has 1 aliphatic carbocycles. The summed E-state index contributed by atoms with van der Waals surface area (Å²) in [5.74, 6) is 1.05. The Morgan fingerprint density at radius 2 is 1.90 bits per heavy atom. The molecule has 1 aromatic carbocycles. The number of Topliss-reactive ketones (excluding diaryl/α,β-unsaturated/α-hetero) is 1. The first-order chi connectivity index (χ1) is 9.56. The minimum Gasteiger partial charge on any atom is -0.299 e. The van der Waals surface area contributed by atoms with Crippen molar-refractivity contribution in [2.24, 2.45) is 5.92 Å². The van der Waals surface area contributed by atoms with Crippen molar-refractivity contribution in [1.29, 1.82) is 0 Å². The Kier molecular flexibility index (Phi) is 5.36. The number of rotatable bonds is 5. The molecule has 0 aliphatic heterocycles. The molecule has 0 N–H and O–H groups in total. The second-order valence-electron chi connectivity index (χ2n) is 6.44. The Balaban J connectivity index is 1.91. The number of likely N-dealkylation sites (N-methyl/N-ethyl adjacent to an activating group) is 1. The molecule has 2 nitrogen and oxygen atoms in total. The summed E-state index contributed by atoms with van der Waals surface area (Å²) in [6.45, 7) is 5.67. The van der Waals surface area contributed by atoms with Crippen LogP contribution in [0.5, 0.6) is 0 Å². The molecule has 0 radical (unpaired) electrons. The van der Waals surface area contributed by atoms with E-state index in [4.69, 9.17) is 0 Å². The lowest BCUT2D eigenvalue weighted by atomic mass is 9.89. The summed E-state index contributed by atoms with van der Waals surface area (Å²) < 4.78 is 0. The van der Waals surface area contributed by atoms with Gasteiger partial charge in [-0.05, 0) is 51.3 Å². The van der Waals surface area contributed by atoms with Crippen LogP contribution in [-0.4, -0.2) is 30.8 Å². The topological polar surface area (TPSA) is 20.3 Å². The molecule has 110 valence electrons. The molecule has 1 saturated carbocycles. The molecular formula is C18H27NO. The Morgan fingerprint density at radius 3 is 2.60 bits per heavy atom. The minimum atomic E-state index is 0.254. The first-order valence-electron chi connectivity index (χ1n) is 7.85. The lowest BCUT2D eigenvalue weighted by Gasteiger charge is -2.26. The van der Waals surface area contributed by atoms with Gasteiger partial charge in [-0.2, -0.15) is 0 Å². The Bertz CT molecular complexity index is 460. The van der Waals surface area contributed by atoms with Crippen molar-refractivity contribution in [2.45, 2.75) is 46.0 Å². The highest BCUT2D eigenvalue weighted by Gasteiger charge is 2.18. The van der Waals surface area contributed by atoms with Crippen molar-refractivity contribution in [3.63, 3.8) is 0 Å². The van der Waals surface area contributed by atoms with Gasteiger partial charge in [0.1, 0.15) is 0 Å². The van der Waals surface area contributed by atoms with Crippen LogP contribution in [0.25, 0.3) is 0 Å². The largest absolute Gasteiger partial charge is 0.299 e. The smallest absolute Gasteiger partial charge is 0.177 e. The molecule has 20 heavy (non-hydrogen) atoms. The van der Waals surface area contributed by atoms with E-state index >= 15 is 0 Å². The molecule has 1 aromatic rings. The molecule has 1 fully saturated rings. The predicted molar refractivity (Wildman–Crippen MR) is 84.3 cm³/mol. The quantitative estimate of drug-likeness (QED) is 0.756. The number of carbonyl (C=O) groups excluding carboxylic acids is 1. The molecule has 0 heterocycles. The van der Waals surface area contributed by atoms with Gasteiger partial charge >= 0.3 is 0 Å². The fourth-order valence-corrected chi connectivity index (χ4v) is 3.24. The average molecular weight is 273 g/mol. The van der Waals surface area contributed by atoms with Crippen LogP contribution in [-0.2, 0) is 0 Å². The molecule has 0 spiro atoms. The minimum absolute atomic E-state index is 0.254. The predicted octanol–water partition coefficient (Wildman–Crippen LogP) is 4.00. The maximum atomic E-state index is 12.4. The van der Waals surface area contributed by atoms with Crippen LogP contribution in [0.4, 0.5) is 0 Å². The van der Waals surface area contributed by atoms with Crippen LogP contribution in [0.1, 0.15) is 53.6 Å². The zero-order valence-electron chi connectivity index (χ0n) is 13.1. The highest BCUT2D eigenvalue weighted by molar-refractivity contribution is 5.99. The van der Waals surface area contributed by atoms with Crippen molar-refractivity contribution in [3.05, 3.63) is 34.9 Å². The highest BCUT2D eigenvalue weighted by atomic mass is 16.1. The Hall–Kier alpha value is -1.15. The van der Waals surface area contributed by atoms with Crippen molar-refractivity contribution in [2.75, 3.05) is 20.1 Å². The van der Waals surface area contributed by atoms with E-state index < -0.39 is 0 Å². The summed E-state index contributed by atoms with van der Waals surface area (Å²) in [5.41, 5.74) is 3.14. The van der Waals surface area contributed by atoms with Crippen LogP contribution in [0.3, 0.4) is 0 Å². The molecule has 2 heteroatoms. The van der Waals surface area contributed by atoms with E-state index in [-0.39, 0.29) is 5.78 Å². The van der Waals surface area contributed by atoms with Crippen LogP contribution < -0.4 is 0 Å². The molecule has 0 bridgehead atoms. The van der Waals surface area contributed by atoms with Gasteiger partial charge in [-0.1, -0.05) is 37.0 Å². The summed E-state index contributed by atoms with van der Waals surface area (Å²) in [5, 5.41) is 0. The van der Waals surface area contributed by atoms with Crippen LogP contribution in [0, 0.1) is 19.8 Å². The highest BCUT2D eigenvalue weighted by Crippen LogP contribution is 2.24. The van der Waals surface area contributed by atoms with Gasteiger partial charge in [0.05, 0.1) is 6.54 Å². The SMILES string of the molecule is Cc1ccc(C)c(C(=O)CN(C)CC2CCCCC2)c1. The zero-order chi connectivity index (χ0) is 14.5. The number of aryl methyl sites for hydroxylation is 2. The Morgan fingerprint density at radius 1 is 1.20 bits per heavy atom. The third kappa shape index (κ3) is 4.17. The van der Waals surface area contributed by atoms with Crippen molar-refractivity contribution < 1.29 is 4.79 Å². The molecule has 0 saturated heterocycles. The molecular weight excluding hydrogens is 246 g/mol. The molecule has 0 unspecified atom stereocenters. The van der Waals surface area contributed by atoms with Gasteiger partial charge in [0.2, 0.25) is 0 Å². The first kappa shape index (κ1) is 15.2. The van der Waals surface area contributed by atoms with Crippen molar-refractivity contribution >= 4 is 5.78 Å². The third-order valence-electron chi connectivity index (χ3n) is 4.40. The van der Waals surface area contributed by atoms with Gasteiger partial charge in [-0.15, -0.1) is 0 Å². The number of hydrogen-bond acceptors (Lipinski definition) is 2. The lowest BCUT2D eigenvalue weighted by Crippen LogP contribution is -2.32. The number of nitrogens with zero attached hydrogens (tertiary/aromatic N) is 1. The van der Waals surface area contributed by atoms with Gasteiger partial charge < -0.3 is 0 Å². The fourth-order valence-electron chi connectivity index (χ4n) is 3.24. The van der Waals surface area contributed by atoms with Crippen molar-refractivity contribution in [1.82, 2.24) is 4.90 Å². The average Bonchev–Trinajstić information content (AvgIpc) is 2.42. The van der Waals surface area contributed by atoms with E-state index in [0.717, 1.165) is 29.2 Å². The van der Waals surface area contributed by atoms with Gasteiger partial charge in [0.25, 0.3) is 0 Å². The summed E-state index contributed by atoms with van der Waals surface area (Å²) in [7, 11) is 2.08. The normalized spacial score (nSPS) is 16.6. The lowest BCUT2D eigenvalue weighted by molar-refractivity contribution is 0.0931. The maximum absolute atomic E-state index is 12.4. The fraction of sp³-hybridized carbons (Fsp3) is 0.611. The molecule has 0 amide bonds. The van der Waals surface area contributed by atoms with E-state index in [2.05, 4.69) is 18.0 Å². The third-order valence-corrected chi connectivity index (χ3v) is 4.40. The Labute approximate surface area is 123 Å². The summed E-state index contributed by atoms with van der Waals surface area (Å²) in [4.78, 5) is 14.6. The van der Waals surface area contributed by atoms with Gasteiger partial charge in [0.15, 0.2) is 5.78 Å². The molecule has 0 aromatic heterocycles. The van der Waals surface area contributed by atoms with Crippen LogP contribution in [0.15, 0.2) is 18.2 Å². The molecule has 0 atom stereocenters. The van der Waals surface area contributed by atoms with Gasteiger partial charge in [-0.3, -0.25) is 9.69 Å². The second-order valence-corrected chi connectivity index (χ2v) is 6.44. The maximum Gasteiger partial charge on any atom is 0.177 e. The van der Waals surface area contributed by atoms with E-state index in [1.165, 1.54) is 32.1 Å². The summed E-state index contributed by atoms with van der Waals surface area (Å²) in [6, 6.07) is 6.13. The van der Waals surface area contributed by atoms with E-state index in [1.54, 1.807) is 0 Å². The van der Waals surface area contributed by atoms with Crippen LogP contribution in [0.2, 0.25) is 0 Å². The van der Waals surface area contributed by atoms with Gasteiger partial charge in [0, 0.05) is 12.1 Å². The standard InChI is InChI=1S/C18H27NO/c1-14-9-10-15(2)17(11-14)18(20)13-19(3)12-16-7-5-4-6-8-16/h9-11,16H,4-8,12-13H2,1-3H3. The first-order valence-corrected chi connectivity index (χ1v) is 7.85. The number of carbonyl (C=O) groups is 1. The molecule has 2 rings (SSSR count). The monoisotopic (exact) mass is 273 g/mol. The van der Waals surface area contributed by atoms with E-state index in [0.29, 0.717) is 6.54 Å². The van der Waals surface area contributed by atoms with E-state index in [1.807, 2.05) is 26.0 Å². The van der Waals surface area contributed by atoms with Crippen LogP contribution >= 0.6 is 0 Å². The van der Waals surface area contributed by atoms with Gasteiger partial charge in [-0.25, -0.2) is 0 Å².